The summed E-state index contributed by atoms with van der Waals surface area (Å²) in [6.45, 7) is 5.07. The van der Waals surface area contributed by atoms with Crippen molar-refractivity contribution < 1.29 is 32.5 Å². The van der Waals surface area contributed by atoms with E-state index in [-0.39, 0.29) is 42.0 Å². The van der Waals surface area contributed by atoms with Gasteiger partial charge in [0.05, 0.1) is 37.3 Å². The first-order valence-corrected chi connectivity index (χ1v) is 11.5. The van der Waals surface area contributed by atoms with Gasteiger partial charge in [0.15, 0.2) is 28.9 Å². The number of anilines is 2. The van der Waals surface area contributed by atoms with Crippen molar-refractivity contribution in [3.63, 3.8) is 0 Å². The Hall–Kier alpha value is -3.53. The standard InChI is InChI=1S/C26H30F3N3O4/c1-5-16-11-22(34-4)24(29)19(23(16)28)15-36-18-13-30-25(31-14-18)32-17-7-8-21(20(27)12-17)35-10-6-9-26(2,3)33/h7-8,11-14,33H,5-6,9-10,15H2,1-4H3,(H,30,31,32). The molecule has 36 heavy (non-hydrogen) atoms. The molecule has 0 saturated heterocycles. The maximum atomic E-state index is 14.6. The summed E-state index contributed by atoms with van der Waals surface area (Å²) >= 11 is 0. The van der Waals surface area contributed by atoms with Gasteiger partial charge >= 0.3 is 0 Å². The number of ether oxygens (including phenoxy) is 3. The van der Waals surface area contributed by atoms with Crippen molar-refractivity contribution in [1.29, 1.82) is 0 Å². The molecule has 0 saturated carbocycles. The van der Waals surface area contributed by atoms with E-state index in [0.29, 0.717) is 30.5 Å². The van der Waals surface area contributed by atoms with Crippen molar-refractivity contribution >= 4 is 11.6 Å². The number of rotatable bonds is 12. The van der Waals surface area contributed by atoms with Crippen LogP contribution in [-0.4, -0.2) is 34.4 Å². The highest BCUT2D eigenvalue weighted by atomic mass is 19.1. The number of hydrogen-bond donors (Lipinski definition) is 2. The minimum absolute atomic E-state index is 0.0552. The van der Waals surface area contributed by atoms with E-state index < -0.39 is 23.1 Å². The zero-order chi connectivity index (χ0) is 26.3. The second-order valence-corrected chi connectivity index (χ2v) is 8.76. The fraction of sp³-hybridized carbons (Fsp3) is 0.385. The molecule has 7 nitrogen and oxygen atoms in total. The summed E-state index contributed by atoms with van der Waals surface area (Å²) in [7, 11) is 1.31. The molecule has 0 aliphatic rings. The van der Waals surface area contributed by atoms with Gasteiger partial charge in [0.25, 0.3) is 0 Å². The molecular formula is C26H30F3N3O4. The molecule has 0 atom stereocenters. The summed E-state index contributed by atoms with van der Waals surface area (Å²) in [5.74, 6) is -1.64. The van der Waals surface area contributed by atoms with Crippen LogP contribution in [0.1, 0.15) is 44.7 Å². The highest BCUT2D eigenvalue weighted by molar-refractivity contribution is 5.55. The number of halogens is 3. The van der Waals surface area contributed by atoms with Gasteiger partial charge in [-0.15, -0.1) is 0 Å². The maximum absolute atomic E-state index is 14.6. The topological polar surface area (TPSA) is 85.7 Å². The van der Waals surface area contributed by atoms with Crippen LogP contribution in [-0.2, 0) is 13.0 Å². The first kappa shape index (κ1) is 27.1. The van der Waals surface area contributed by atoms with Gasteiger partial charge in [-0.2, -0.15) is 0 Å². The second kappa shape index (κ2) is 11.9. The zero-order valence-corrected chi connectivity index (χ0v) is 20.7. The molecule has 3 aromatic rings. The third-order valence-corrected chi connectivity index (χ3v) is 5.32. The summed E-state index contributed by atoms with van der Waals surface area (Å²) in [5, 5.41) is 12.6. The molecule has 194 valence electrons. The summed E-state index contributed by atoms with van der Waals surface area (Å²) in [6, 6.07) is 5.68. The SMILES string of the molecule is CCc1cc(OC)c(F)c(COc2cnc(Nc3ccc(OCCCC(C)(C)O)c(F)c3)nc2)c1F. The third-order valence-electron chi connectivity index (χ3n) is 5.32. The van der Waals surface area contributed by atoms with Crippen molar-refractivity contribution in [2.75, 3.05) is 19.0 Å². The molecule has 0 aliphatic heterocycles. The van der Waals surface area contributed by atoms with Crippen molar-refractivity contribution in [1.82, 2.24) is 9.97 Å². The van der Waals surface area contributed by atoms with Gasteiger partial charge in [-0.05, 0) is 56.9 Å². The third kappa shape index (κ3) is 7.24. The molecule has 0 aliphatic carbocycles. The van der Waals surface area contributed by atoms with Gasteiger partial charge in [-0.25, -0.2) is 23.1 Å². The number of hydrogen-bond acceptors (Lipinski definition) is 7. The number of aromatic nitrogens is 2. The monoisotopic (exact) mass is 505 g/mol. The summed E-state index contributed by atoms with van der Waals surface area (Å²) < 4.78 is 59.4. The van der Waals surface area contributed by atoms with Gasteiger partial charge in [0.1, 0.15) is 12.4 Å². The Kier molecular flexibility index (Phi) is 8.98. The van der Waals surface area contributed by atoms with Crippen LogP contribution in [0.5, 0.6) is 17.2 Å². The first-order valence-electron chi connectivity index (χ1n) is 11.5. The lowest BCUT2D eigenvalue weighted by Crippen LogP contribution is -2.19. The predicted molar refractivity (Wildman–Crippen MR) is 129 cm³/mol. The normalized spacial score (nSPS) is 11.3. The Balaban J connectivity index is 1.59. The average molecular weight is 506 g/mol. The van der Waals surface area contributed by atoms with Crippen LogP contribution in [0.3, 0.4) is 0 Å². The molecule has 10 heteroatoms. The molecule has 1 heterocycles. The number of methoxy groups -OCH3 is 1. The average Bonchev–Trinajstić information content (AvgIpc) is 2.83. The minimum Gasteiger partial charge on any atom is -0.494 e. The lowest BCUT2D eigenvalue weighted by atomic mass is 10.0. The van der Waals surface area contributed by atoms with E-state index in [2.05, 4.69) is 15.3 Å². The molecule has 1 aromatic heterocycles. The van der Waals surface area contributed by atoms with E-state index in [9.17, 15) is 18.3 Å². The van der Waals surface area contributed by atoms with E-state index in [1.165, 1.54) is 37.7 Å². The Morgan fingerprint density at radius 1 is 1.00 bits per heavy atom. The number of benzene rings is 2. The smallest absolute Gasteiger partial charge is 0.227 e. The number of nitrogens with zero attached hydrogens (tertiary/aromatic N) is 2. The highest BCUT2D eigenvalue weighted by Gasteiger charge is 2.19. The lowest BCUT2D eigenvalue weighted by molar-refractivity contribution is 0.0639. The Morgan fingerprint density at radius 3 is 2.33 bits per heavy atom. The largest absolute Gasteiger partial charge is 0.494 e. The van der Waals surface area contributed by atoms with Crippen molar-refractivity contribution in [3.8, 4) is 17.2 Å². The minimum atomic E-state index is -0.821. The first-order chi connectivity index (χ1) is 17.1. The molecule has 0 amide bonds. The number of nitrogens with one attached hydrogen (secondary N) is 1. The predicted octanol–water partition coefficient (Wildman–Crippen LogP) is 5.72. The zero-order valence-electron chi connectivity index (χ0n) is 20.7. The van der Waals surface area contributed by atoms with E-state index in [1.807, 2.05) is 0 Å². The Morgan fingerprint density at radius 2 is 1.72 bits per heavy atom. The molecule has 0 fully saturated rings. The molecule has 0 unspecified atom stereocenters. The van der Waals surface area contributed by atoms with Gasteiger partial charge in [0.2, 0.25) is 5.95 Å². The molecule has 0 spiro atoms. The summed E-state index contributed by atoms with van der Waals surface area (Å²) in [4.78, 5) is 8.20. The van der Waals surface area contributed by atoms with E-state index in [1.54, 1.807) is 26.8 Å². The molecule has 3 rings (SSSR count). The maximum Gasteiger partial charge on any atom is 0.227 e. The summed E-state index contributed by atoms with van der Waals surface area (Å²) in [6.07, 6.45) is 4.16. The fourth-order valence-electron chi connectivity index (χ4n) is 3.38. The lowest BCUT2D eigenvalue weighted by Gasteiger charge is -2.16. The van der Waals surface area contributed by atoms with Gasteiger partial charge in [0, 0.05) is 11.8 Å². The molecular weight excluding hydrogens is 475 g/mol. The van der Waals surface area contributed by atoms with Crippen molar-refractivity contribution in [2.45, 2.75) is 52.2 Å². The van der Waals surface area contributed by atoms with Crippen LogP contribution in [0.4, 0.5) is 24.8 Å². The Labute approximate surface area is 208 Å². The quantitative estimate of drug-likeness (QED) is 0.305. The van der Waals surface area contributed by atoms with Crippen LogP contribution in [0, 0.1) is 17.5 Å². The van der Waals surface area contributed by atoms with Gasteiger partial charge in [-0.3, -0.25) is 0 Å². The fourth-order valence-corrected chi connectivity index (χ4v) is 3.38. The van der Waals surface area contributed by atoms with E-state index >= 15 is 0 Å². The van der Waals surface area contributed by atoms with Crippen LogP contribution in [0.25, 0.3) is 0 Å². The second-order valence-electron chi connectivity index (χ2n) is 8.76. The molecule has 2 aromatic carbocycles. The van der Waals surface area contributed by atoms with Gasteiger partial charge < -0.3 is 24.6 Å². The van der Waals surface area contributed by atoms with Gasteiger partial charge in [-0.1, -0.05) is 6.92 Å². The van der Waals surface area contributed by atoms with Crippen molar-refractivity contribution in [2.24, 2.45) is 0 Å². The molecule has 2 N–H and O–H groups in total. The van der Waals surface area contributed by atoms with Crippen molar-refractivity contribution in [3.05, 3.63) is 65.2 Å². The van der Waals surface area contributed by atoms with E-state index in [0.717, 1.165) is 0 Å². The van der Waals surface area contributed by atoms with Crippen LogP contribution in [0.2, 0.25) is 0 Å². The van der Waals surface area contributed by atoms with E-state index in [4.69, 9.17) is 14.2 Å². The number of aliphatic hydroxyl groups is 1. The molecule has 0 radical (unpaired) electrons. The van der Waals surface area contributed by atoms with Crippen LogP contribution >= 0.6 is 0 Å². The highest BCUT2D eigenvalue weighted by Crippen LogP contribution is 2.28. The number of aryl methyl sites for hydroxylation is 1. The molecule has 0 bridgehead atoms. The Bertz CT molecular complexity index is 1140. The van der Waals surface area contributed by atoms with Crippen LogP contribution < -0.4 is 19.5 Å². The van der Waals surface area contributed by atoms with Crippen LogP contribution in [0.15, 0.2) is 36.7 Å². The summed E-state index contributed by atoms with van der Waals surface area (Å²) in [5.41, 5.74) is -0.319.